The van der Waals surface area contributed by atoms with Crippen molar-refractivity contribution in [3.63, 3.8) is 0 Å². The molecule has 1 saturated carbocycles. The first-order valence-corrected chi connectivity index (χ1v) is 9.62. The molecule has 1 aliphatic carbocycles. The van der Waals surface area contributed by atoms with Crippen LogP contribution in [0.5, 0.6) is 5.75 Å². The minimum Gasteiger partial charge on any atom is -0.429 e. The van der Waals surface area contributed by atoms with Gasteiger partial charge < -0.3 is 4.74 Å². The molecule has 2 aromatic carbocycles. The normalized spacial score (nSPS) is 20.2. The lowest BCUT2D eigenvalue weighted by atomic mass is 9.77. The average Bonchev–Trinajstić information content (AvgIpc) is 2.67. The summed E-state index contributed by atoms with van der Waals surface area (Å²) in [4.78, 5) is 0. The predicted octanol–water partition coefficient (Wildman–Crippen LogP) is 7.31. The lowest BCUT2D eigenvalue weighted by Crippen LogP contribution is -2.22. The fourth-order valence-corrected chi connectivity index (χ4v) is 3.94. The zero-order chi connectivity index (χ0) is 20.3. The van der Waals surface area contributed by atoms with E-state index in [1.54, 1.807) is 12.1 Å². The molecular weight excluding hydrogens is 375 g/mol. The monoisotopic (exact) mass is 398 g/mol. The molecule has 0 aromatic heterocycles. The van der Waals surface area contributed by atoms with Gasteiger partial charge in [-0.2, -0.15) is 8.78 Å². The Morgan fingerprint density at radius 3 is 2.04 bits per heavy atom. The van der Waals surface area contributed by atoms with E-state index in [2.05, 4.69) is 11.7 Å². The van der Waals surface area contributed by atoms with Crippen molar-refractivity contribution in [2.45, 2.75) is 57.5 Å². The number of rotatable bonds is 6. The number of hydrogen-bond donors (Lipinski definition) is 0. The van der Waals surface area contributed by atoms with Crippen molar-refractivity contribution >= 4 is 0 Å². The molecule has 1 nitrogen and oxygen atoms in total. The second kappa shape index (κ2) is 8.50. The summed E-state index contributed by atoms with van der Waals surface area (Å²) in [6.07, 6.45) is 3.02. The Bertz CT molecular complexity index is 772. The number of alkyl halides is 2. The van der Waals surface area contributed by atoms with E-state index in [4.69, 9.17) is 0 Å². The van der Waals surface area contributed by atoms with E-state index in [1.807, 2.05) is 0 Å². The fourth-order valence-electron chi connectivity index (χ4n) is 3.94. The van der Waals surface area contributed by atoms with E-state index in [0.717, 1.165) is 37.2 Å². The maximum absolute atomic E-state index is 14.4. The molecule has 0 heterocycles. The van der Waals surface area contributed by atoms with Crippen molar-refractivity contribution < 1.29 is 26.7 Å². The van der Waals surface area contributed by atoms with Crippen LogP contribution < -0.4 is 4.74 Å². The maximum Gasteiger partial charge on any atom is 0.426 e. The SMILES string of the molecule is CCC[C@H]1CC[C@H](c2ccc(C(F)(F)Oc3cc(F)c(F)c(F)c3)cc2)CC1. The number of halogens is 5. The van der Waals surface area contributed by atoms with E-state index in [1.165, 1.54) is 25.0 Å². The van der Waals surface area contributed by atoms with Crippen LogP contribution in [0.15, 0.2) is 36.4 Å². The Morgan fingerprint density at radius 2 is 1.50 bits per heavy atom. The lowest BCUT2D eigenvalue weighted by Gasteiger charge is -2.29. The molecule has 0 spiro atoms. The van der Waals surface area contributed by atoms with E-state index in [-0.39, 0.29) is 0 Å². The summed E-state index contributed by atoms with van der Waals surface area (Å²) in [5.74, 6) is -4.56. The van der Waals surface area contributed by atoms with Gasteiger partial charge in [0.15, 0.2) is 17.5 Å². The molecule has 152 valence electrons. The number of benzene rings is 2. The van der Waals surface area contributed by atoms with E-state index >= 15 is 0 Å². The van der Waals surface area contributed by atoms with Gasteiger partial charge in [-0.25, -0.2) is 13.2 Å². The third-order valence-corrected chi connectivity index (χ3v) is 5.47. The maximum atomic E-state index is 14.4. The van der Waals surface area contributed by atoms with Gasteiger partial charge >= 0.3 is 6.11 Å². The van der Waals surface area contributed by atoms with Gasteiger partial charge in [0, 0.05) is 12.1 Å². The van der Waals surface area contributed by atoms with Crippen LogP contribution in [0.3, 0.4) is 0 Å². The summed E-state index contributed by atoms with van der Waals surface area (Å²) >= 11 is 0. The van der Waals surface area contributed by atoms with Crippen LogP contribution in [-0.4, -0.2) is 0 Å². The van der Waals surface area contributed by atoms with Crippen molar-refractivity contribution in [3.05, 3.63) is 65.0 Å². The molecule has 3 rings (SSSR count). The highest BCUT2D eigenvalue weighted by Crippen LogP contribution is 2.39. The zero-order valence-electron chi connectivity index (χ0n) is 15.7. The van der Waals surface area contributed by atoms with Crippen LogP contribution in [0.2, 0.25) is 0 Å². The molecular formula is C22H23F5O. The Hall–Kier alpha value is -2.11. The van der Waals surface area contributed by atoms with Crippen LogP contribution >= 0.6 is 0 Å². The van der Waals surface area contributed by atoms with Crippen LogP contribution in [-0.2, 0) is 6.11 Å². The fraction of sp³-hybridized carbons (Fsp3) is 0.455. The highest BCUT2D eigenvalue weighted by molar-refractivity contribution is 5.30. The first-order chi connectivity index (χ1) is 13.3. The van der Waals surface area contributed by atoms with Crippen LogP contribution in [0.1, 0.15) is 62.5 Å². The van der Waals surface area contributed by atoms with E-state index in [0.29, 0.717) is 18.1 Å². The summed E-state index contributed by atoms with van der Waals surface area (Å²) in [6.45, 7) is 2.18. The zero-order valence-corrected chi connectivity index (χ0v) is 15.7. The Balaban J connectivity index is 1.68. The molecule has 0 radical (unpaired) electrons. The van der Waals surface area contributed by atoms with Gasteiger partial charge in [-0.15, -0.1) is 0 Å². The van der Waals surface area contributed by atoms with Gasteiger partial charge in [0.05, 0.1) is 5.56 Å². The van der Waals surface area contributed by atoms with Crippen molar-refractivity contribution in [2.24, 2.45) is 5.92 Å². The first kappa shape index (κ1) is 20.6. The largest absolute Gasteiger partial charge is 0.429 e. The van der Waals surface area contributed by atoms with E-state index < -0.39 is 34.9 Å². The summed E-state index contributed by atoms with van der Waals surface area (Å²) in [5, 5.41) is 0. The molecule has 1 fully saturated rings. The van der Waals surface area contributed by atoms with Gasteiger partial charge in [0.1, 0.15) is 5.75 Å². The van der Waals surface area contributed by atoms with Crippen molar-refractivity contribution in [1.29, 1.82) is 0 Å². The van der Waals surface area contributed by atoms with E-state index in [9.17, 15) is 22.0 Å². The Kier molecular flexibility index (Phi) is 6.26. The summed E-state index contributed by atoms with van der Waals surface area (Å²) in [5.41, 5.74) is 0.578. The predicted molar refractivity (Wildman–Crippen MR) is 96.9 cm³/mol. The minimum atomic E-state index is -3.80. The van der Waals surface area contributed by atoms with Gasteiger partial charge in [0.2, 0.25) is 0 Å². The Morgan fingerprint density at radius 1 is 0.929 bits per heavy atom. The third kappa shape index (κ3) is 4.65. The van der Waals surface area contributed by atoms with Crippen LogP contribution in [0.4, 0.5) is 22.0 Å². The molecule has 1 aliphatic rings. The quantitative estimate of drug-likeness (QED) is 0.366. The lowest BCUT2D eigenvalue weighted by molar-refractivity contribution is -0.185. The molecule has 0 bridgehead atoms. The van der Waals surface area contributed by atoms with Crippen molar-refractivity contribution in [2.75, 3.05) is 0 Å². The molecule has 0 N–H and O–H groups in total. The number of hydrogen-bond acceptors (Lipinski definition) is 1. The second-order valence-corrected chi connectivity index (χ2v) is 7.45. The van der Waals surface area contributed by atoms with Gasteiger partial charge in [-0.1, -0.05) is 31.9 Å². The molecule has 0 saturated heterocycles. The van der Waals surface area contributed by atoms with Crippen LogP contribution in [0, 0.1) is 23.4 Å². The minimum absolute atomic E-state index is 0.358. The highest BCUT2D eigenvalue weighted by Gasteiger charge is 2.35. The molecule has 6 heteroatoms. The number of ether oxygens (including phenoxy) is 1. The van der Waals surface area contributed by atoms with Crippen molar-refractivity contribution in [1.82, 2.24) is 0 Å². The molecule has 0 aliphatic heterocycles. The summed E-state index contributed by atoms with van der Waals surface area (Å²) < 4.78 is 72.5. The van der Waals surface area contributed by atoms with Gasteiger partial charge in [-0.3, -0.25) is 0 Å². The molecule has 28 heavy (non-hydrogen) atoms. The standard InChI is InChI=1S/C22H23F5O/c1-2-3-14-4-6-15(7-5-14)16-8-10-17(11-9-16)22(26,27)28-18-12-19(23)21(25)20(24)13-18/h8-15H,2-7H2,1H3/t14-,15-. The Labute approximate surface area is 161 Å². The second-order valence-electron chi connectivity index (χ2n) is 7.45. The topological polar surface area (TPSA) is 9.23 Å². The molecule has 0 unspecified atom stereocenters. The molecule has 0 atom stereocenters. The average molecular weight is 398 g/mol. The highest BCUT2D eigenvalue weighted by atomic mass is 19.3. The summed E-state index contributed by atoms with van der Waals surface area (Å²) in [6, 6.07) is 6.64. The van der Waals surface area contributed by atoms with Crippen molar-refractivity contribution in [3.8, 4) is 5.75 Å². The van der Waals surface area contributed by atoms with Gasteiger partial charge in [0.25, 0.3) is 0 Å². The molecule has 2 aromatic rings. The van der Waals surface area contributed by atoms with Crippen LogP contribution in [0.25, 0.3) is 0 Å². The third-order valence-electron chi connectivity index (χ3n) is 5.47. The first-order valence-electron chi connectivity index (χ1n) is 9.62. The summed E-state index contributed by atoms with van der Waals surface area (Å²) in [7, 11) is 0. The van der Waals surface area contributed by atoms with Gasteiger partial charge in [-0.05, 0) is 55.2 Å². The molecule has 0 amide bonds. The smallest absolute Gasteiger partial charge is 0.426 e.